The molecule has 0 radical (unpaired) electrons. The maximum absolute atomic E-state index is 13.9. The lowest BCUT2D eigenvalue weighted by molar-refractivity contribution is -0.136. The van der Waals surface area contributed by atoms with Gasteiger partial charge in [-0.25, -0.2) is 0 Å². The molecular weight excluding hydrogens is 449 g/mol. The minimum atomic E-state index is -4.08. The molecule has 1 fully saturated rings. The smallest absolute Gasteiger partial charge is 0.370 e. The zero-order valence-corrected chi connectivity index (χ0v) is 21.2. The van der Waals surface area contributed by atoms with E-state index in [9.17, 15) is 18.0 Å². The van der Waals surface area contributed by atoms with Crippen molar-refractivity contribution in [2.75, 3.05) is 37.6 Å². The van der Waals surface area contributed by atoms with Crippen molar-refractivity contribution in [1.82, 2.24) is 4.90 Å². The predicted octanol–water partition coefficient (Wildman–Crippen LogP) is 7.51. The molecule has 0 amide bonds. The van der Waals surface area contributed by atoms with Gasteiger partial charge in [-0.1, -0.05) is 63.8 Å². The van der Waals surface area contributed by atoms with Crippen LogP contribution in [-0.2, 0) is 5.41 Å². The van der Waals surface area contributed by atoms with Gasteiger partial charge in [0.1, 0.15) is 0 Å². The Morgan fingerprint density at radius 3 is 2.34 bits per heavy atom. The fourth-order valence-electron chi connectivity index (χ4n) is 6.15. The number of carbonyl (C=O) groups is 1. The highest BCUT2D eigenvalue weighted by atomic mass is 19.4. The van der Waals surface area contributed by atoms with Gasteiger partial charge in [0.05, 0.1) is 5.41 Å². The quantitative estimate of drug-likeness (QED) is 0.346. The molecule has 1 aliphatic carbocycles. The van der Waals surface area contributed by atoms with Crippen LogP contribution in [0.3, 0.4) is 0 Å². The van der Waals surface area contributed by atoms with E-state index >= 15 is 0 Å². The predicted molar refractivity (Wildman–Crippen MR) is 138 cm³/mol. The Bertz CT molecular complexity index is 1020. The van der Waals surface area contributed by atoms with E-state index in [-0.39, 0.29) is 6.42 Å². The van der Waals surface area contributed by atoms with E-state index in [4.69, 9.17) is 0 Å². The number of hydrogen-bond acceptors (Lipinski definition) is 3. The van der Waals surface area contributed by atoms with Crippen molar-refractivity contribution in [3.8, 4) is 0 Å². The molecule has 0 N–H and O–H groups in total. The average molecular weight is 489 g/mol. The first kappa shape index (κ1) is 26.0. The summed E-state index contributed by atoms with van der Waals surface area (Å²) in [7, 11) is 0. The summed E-state index contributed by atoms with van der Waals surface area (Å²) in [4.78, 5) is 18.4. The van der Waals surface area contributed by atoms with Crippen LogP contribution < -0.4 is 4.90 Å². The molecule has 1 saturated heterocycles. The summed E-state index contributed by atoms with van der Waals surface area (Å²) in [6.07, 6.45) is 2.33. The number of Topliss-reactive ketones (excluding diaryl/α,β-unsaturated/α-hetero) is 1. The molecule has 2 aromatic carbocycles. The van der Waals surface area contributed by atoms with Crippen LogP contribution in [0.4, 0.5) is 18.9 Å². The first-order valence-electron chi connectivity index (χ1n) is 13.5. The second-order valence-corrected chi connectivity index (χ2v) is 10.4. The average Bonchev–Trinajstić information content (AvgIpc) is 2.96. The van der Waals surface area contributed by atoms with Crippen molar-refractivity contribution >= 4 is 22.2 Å². The van der Waals surface area contributed by atoms with Gasteiger partial charge >= 0.3 is 6.18 Å². The molecule has 4 rings (SSSR count). The molecule has 1 aliphatic heterocycles. The third-order valence-corrected chi connectivity index (χ3v) is 7.99. The molecule has 3 nitrogen and oxygen atoms in total. The van der Waals surface area contributed by atoms with Crippen molar-refractivity contribution in [2.24, 2.45) is 0 Å². The van der Waals surface area contributed by atoms with Crippen LogP contribution in [0.1, 0.15) is 87.6 Å². The Morgan fingerprint density at radius 2 is 1.66 bits per heavy atom. The lowest BCUT2D eigenvalue weighted by atomic mass is 9.72. The number of halogens is 3. The topological polar surface area (TPSA) is 23.6 Å². The van der Waals surface area contributed by atoms with Gasteiger partial charge in [-0.05, 0) is 55.8 Å². The second-order valence-electron chi connectivity index (χ2n) is 10.4. The Morgan fingerprint density at radius 1 is 0.914 bits per heavy atom. The Balaban J connectivity index is 1.60. The maximum atomic E-state index is 13.9. The molecule has 1 heterocycles. The normalized spacial score (nSPS) is 18.4. The lowest BCUT2D eigenvalue weighted by Gasteiger charge is -2.30. The molecule has 192 valence electrons. The van der Waals surface area contributed by atoms with Crippen LogP contribution in [-0.4, -0.2) is 49.6 Å². The molecule has 35 heavy (non-hydrogen) atoms. The fraction of sp³-hybridized carbons (Fsp3) is 0.621. The number of alkyl halides is 3. The van der Waals surface area contributed by atoms with Crippen LogP contribution in [0.15, 0.2) is 30.3 Å². The van der Waals surface area contributed by atoms with Gasteiger partial charge in [0.25, 0.3) is 0 Å². The summed E-state index contributed by atoms with van der Waals surface area (Å²) in [5.41, 5.74) is 2.83. The minimum absolute atomic E-state index is 0.157. The number of carbonyl (C=O) groups excluding carboxylic acids is 1. The third-order valence-electron chi connectivity index (χ3n) is 7.99. The largest absolute Gasteiger partial charge is 0.389 e. The molecule has 0 unspecified atom stereocenters. The van der Waals surface area contributed by atoms with Gasteiger partial charge in [-0.15, -0.1) is 0 Å². The van der Waals surface area contributed by atoms with Crippen LogP contribution in [0, 0.1) is 0 Å². The summed E-state index contributed by atoms with van der Waals surface area (Å²) in [6.45, 7) is 8.11. The van der Waals surface area contributed by atoms with E-state index in [1.165, 1.54) is 5.56 Å². The summed E-state index contributed by atoms with van der Waals surface area (Å²) >= 11 is 0. The number of hydrogen-bond donors (Lipinski definition) is 0. The van der Waals surface area contributed by atoms with E-state index in [1.807, 2.05) is 12.1 Å². The molecule has 2 aliphatic rings. The zero-order chi connectivity index (χ0) is 25.1. The summed E-state index contributed by atoms with van der Waals surface area (Å²) in [5.74, 6) is 0.295. The SMILES string of the molecule is CCCCC1(CCCC)C(=O)c2cccc3c(N4CCCN(CCCC(F)(F)F)CC4)ccc1c23. The maximum Gasteiger partial charge on any atom is 0.389 e. The second kappa shape index (κ2) is 10.9. The number of nitrogens with zero attached hydrogens (tertiary/aromatic N) is 2. The van der Waals surface area contributed by atoms with Crippen LogP contribution in [0.5, 0.6) is 0 Å². The fourth-order valence-corrected chi connectivity index (χ4v) is 6.15. The standard InChI is InChI=1S/C29H39F3N2O/c1-3-5-14-28(15-6-4-2)24-12-13-25(22-10-7-11-23(26(22)24)27(28)35)34-19-9-18-33(20-21-34)17-8-16-29(30,31)32/h7,10-13H,3-6,8-9,14-21H2,1-2H3. The van der Waals surface area contributed by atoms with E-state index in [2.05, 4.69) is 41.8 Å². The van der Waals surface area contributed by atoms with Gasteiger partial charge in [0.2, 0.25) is 0 Å². The van der Waals surface area contributed by atoms with Crippen molar-refractivity contribution < 1.29 is 18.0 Å². The molecule has 0 spiro atoms. The molecule has 6 heteroatoms. The minimum Gasteiger partial charge on any atom is -0.370 e. The Hall–Kier alpha value is -2.08. The molecule has 0 atom stereocenters. The van der Waals surface area contributed by atoms with E-state index in [0.29, 0.717) is 12.3 Å². The van der Waals surface area contributed by atoms with Crippen LogP contribution in [0.2, 0.25) is 0 Å². The third kappa shape index (κ3) is 5.37. The van der Waals surface area contributed by atoms with Crippen molar-refractivity contribution in [3.63, 3.8) is 0 Å². The molecular formula is C29H39F3N2O. The number of ketones is 1. The number of anilines is 1. The first-order chi connectivity index (χ1) is 16.8. The first-order valence-corrected chi connectivity index (χ1v) is 13.5. The molecule has 0 aromatic heterocycles. The van der Waals surface area contributed by atoms with Crippen LogP contribution >= 0.6 is 0 Å². The summed E-state index contributed by atoms with van der Waals surface area (Å²) in [6, 6.07) is 10.6. The van der Waals surface area contributed by atoms with E-state index in [0.717, 1.165) is 93.1 Å². The molecule has 2 aromatic rings. The number of benzene rings is 2. The van der Waals surface area contributed by atoms with Gasteiger partial charge < -0.3 is 9.80 Å². The van der Waals surface area contributed by atoms with E-state index < -0.39 is 18.0 Å². The van der Waals surface area contributed by atoms with Crippen molar-refractivity contribution in [3.05, 3.63) is 41.5 Å². The van der Waals surface area contributed by atoms with Gasteiger partial charge in [0, 0.05) is 42.7 Å². The number of rotatable bonds is 10. The zero-order valence-electron chi connectivity index (χ0n) is 21.2. The van der Waals surface area contributed by atoms with E-state index in [1.54, 1.807) is 0 Å². The highest BCUT2D eigenvalue weighted by Gasteiger charge is 2.46. The lowest BCUT2D eigenvalue weighted by Crippen LogP contribution is -2.32. The highest BCUT2D eigenvalue weighted by molar-refractivity contribution is 6.22. The summed E-state index contributed by atoms with van der Waals surface area (Å²) in [5, 5.41) is 2.28. The van der Waals surface area contributed by atoms with Gasteiger partial charge in [-0.2, -0.15) is 13.2 Å². The molecule has 0 bridgehead atoms. The van der Waals surface area contributed by atoms with Crippen molar-refractivity contribution in [1.29, 1.82) is 0 Å². The van der Waals surface area contributed by atoms with Gasteiger partial charge in [-0.3, -0.25) is 4.79 Å². The van der Waals surface area contributed by atoms with Gasteiger partial charge in [0.15, 0.2) is 5.78 Å². The Kier molecular flexibility index (Phi) is 8.09. The Labute approximate surface area is 207 Å². The monoisotopic (exact) mass is 488 g/mol. The van der Waals surface area contributed by atoms with Crippen LogP contribution in [0.25, 0.3) is 10.8 Å². The number of unbranched alkanes of at least 4 members (excludes halogenated alkanes) is 2. The van der Waals surface area contributed by atoms with Crippen molar-refractivity contribution in [2.45, 2.75) is 83.2 Å². The highest BCUT2D eigenvalue weighted by Crippen LogP contribution is 2.50. The molecule has 0 saturated carbocycles. The summed E-state index contributed by atoms with van der Waals surface area (Å²) < 4.78 is 37.7.